The molecule has 0 atom stereocenters. The van der Waals surface area contributed by atoms with Crippen LogP contribution in [0.1, 0.15) is 5.56 Å². The fourth-order valence-corrected chi connectivity index (χ4v) is 7.64. The standard InChI is InChI=1S/C42H26/c1-3-4-13-25(2)36-40-33-23-12-20-30-28-18-8-9-19-29(28)34(39(30)33)24-35(40)38(27-14-6-5-7-15-27)42-32-22-11-17-26-16-10-21-31(37(26)32)41(36)42/h3-24H,1-2H2. The Labute approximate surface area is 243 Å². The molecule has 0 spiro atoms. The van der Waals surface area contributed by atoms with Gasteiger partial charge in [-0.2, -0.15) is 0 Å². The summed E-state index contributed by atoms with van der Waals surface area (Å²) in [4.78, 5) is 0. The highest BCUT2D eigenvalue weighted by Gasteiger charge is 2.25. The summed E-state index contributed by atoms with van der Waals surface area (Å²) in [6.45, 7) is 8.65. The minimum Gasteiger partial charge on any atom is -0.0991 e. The van der Waals surface area contributed by atoms with Crippen molar-refractivity contribution in [2.75, 3.05) is 0 Å². The van der Waals surface area contributed by atoms with Crippen LogP contribution in [0.2, 0.25) is 0 Å². The Bertz CT molecular complexity index is 2570. The first-order chi connectivity index (χ1) is 20.8. The van der Waals surface area contributed by atoms with Crippen molar-refractivity contribution in [2.45, 2.75) is 0 Å². The molecule has 0 nitrogen and oxygen atoms in total. The van der Waals surface area contributed by atoms with Crippen LogP contribution in [0.4, 0.5) is 0 Å². The molecule has 0 heteroatoms. The second-order valence-corrected chi connectivity index (χ2v) is 11.3. The summed E-state index contributed by atoms with van der Waals surface area (Å²) in [6.07, 6.45) is 5.95. The van der Waals surface area contributed by atoms with Crippen molar-refractivity contribution in [1.29, 1.82) is 0 Å². The molecule has 0 aliphatic carbocycles. The van der Waals surface area contributed by atoms with Crippen molar-refractivity contribution in [3.05, 3.63) is 152 Å². The summed E-state index contributed by atoms with van der Waals surface area (Å²) in [5.41, 5.74) is 4.73. The first-order valence-electron chi connectivity index (χ1n) is 14.5. The second-order valence-electron chi connectivity index (χ2n) is 11.3. The van der Waals surface area contributed by atoms with Gasteiger partial charge in [0.1, 0.15) is 0 Å². The van der Waals surface area contributed by atoms with Gasteiger partial charge in [-0.05, 0) is 104 Å². The van der Waals surface area contributed by atoms with Crippen molar-refractivity contribution in [3.63, 3.8) is 0 Å². The van der Waals surface area contributed by atoms with Crippen LogP contribution < -0.4 is 0 Å². The predicted octanol–water partition coefficient (Wildman–Crippen LogP) is 12.1. The number of allylic oxidation sites excluding steroid dienone is 4. The van der Waals surface area contributed by atoms with Gasteiger partial charge in [0, 0.05) is 0 Å². The Morgan fingerprint density at radius 2 is 1.07 bits per heavy atom. The van der Waals surface area contributed by atoms with Gasteiger partial charge >= 0.3 is 0 Å². The van der Waals surface area contributed by atoms with Crippen molar-refractivity contribution in [2.24, 2.45) is 0 Å². The van der Waals surface area contributed by atoms with Gasteiger partial charge in [-0.25, -0.2) is 0 Å². The molecule has 0 radical (unpaired) electrons. The van der Waals surface area contributed by atoms with E-state index >= 15 is 0 Å². The number of hydrogen-bond acceptors (Lipinski definition) is 0. The molecule has 42 heavy (non-hydrogen) atoms. The Morgan fingerprint density at radius 1 is 0.476 bits per heavy atom. The van der Waals surface area contributed by atoms with Crippen LogP contribution in [0.25, 0.3) is 92.1 Å². The fourth-order valence-electron chi connectivity index (χ4n) is 7.64. The third-order valence-electron chi connectivity index (χ3n) is 9.20. The van der Waals surface area contributed by atoms with E-state index in [9.17, 15) is 0 Å². The molecule has 9 aromatic rings. The van der Waals surface area contributed by atoms with Crippen LogP contribution in [0, 0.1) is 0 Å². The van der Waals surface area contributed by atoms with Gasteiger partial charge in [-0.3, -0.25) is 0 Å². The zero-order valence-electron chi connectivity index (χ0n) is 23.1. The normalized spacial score (nSPS) is 12.4. The third kappa shape index (κ3) is 2.91. The molecule has 194 valence electrons. The lowest BCUT2D eigenvalue weighted by atomic mass is 9.84. The Kier molecular flexibility index (Phi) is 4.72. The summed E-state index contributed by atoms with van der Waals surface area (Å²) in [7, 11) is 0. The maximum Gasteiger partial charge on any atom is -0.000741 e. The monoisotopic (exact) mass is 530 g/mol. The maximum atomic E-state index is 4.69. The first kappa shape index (κ1) is 23.3. The summed E-state index contributed by atoms with van der Waals surface area (Å²) in [6, 6.07) is 42.5. The maximum absolute atomic E-state index is 4.69. The van der Waals surface area contributed by atoms with Crippen LogP contribution in [-0.2, 0) is 0 Å². The molecule has 0 saturated carbocycles. The SMILES string of the molecule is C=CC=CC(=C)c1c2c(cc3c4ccccc4c4cccc2c43)c(-c2ccccc2)c2c3cccc4cccc(c12)c43. The van der Waals surface area contributed by atoms with E-state index in [1.165, 1.54) is 92.1 Å². The summed E-state index contributed by atoms with van der Waals surface area (Å²) >= 11 is 0. The average molecular weight is 531 g/mol. The summed E-state index contributed by atoms with van der Waals surface area (Å²) in [5, 5.41) is 18.2. The quantitative estimate of drug-likeness (QED) is 0.157. The number of hydrogen-bond donors (Lipinski definition) is 0. The molecular weight excluding hydrogens is 504 g/mol. The molecular formula is C42H26. The number of fused-ring (bicyclic) bond motifs is 8. The van der Waals surface area contributed by atoms with E-state index in [2.05, 4.69) is 128 Å². The lowest BCUT2D eigenvalue weighted by molar-refractivity contribution is 1.69. The smallest absolute Gasteiger partial charge is 0.000741 e. The Hall–Kier alpha value is -5.46. The van der Waals surface area contributed by atoms with Crippen LogP contribution in [0.5, 0.6) is 0 Å². The highest BCUT2D eigenvalue weighted by Crippen LogP contribution is 2.53. The third-order valence-corrected chi connectivity index (χ3v) is 9.20. The van der Waals surface area contributed by atoms with E-state index in [0.29, 0.717) is 0 Å². The molecule has 0 heterocycles. The highest BCUT2D eigenvalue weighted by atomic mass is 14.3. The molecule has 9 rings (SSSR count). The van der Waals surface area contributed by atoms with Gasteiger partial charge in [0.15, 0.2) is 0 Å². The van der Waals surface area contributed by atoms with E-state index in [-0.39, 0.29) is 0 Å². The van der Waals surface area contributed by atoms with E-state index in [4.69, 9.17) is 6.58 Å². The molecule has 0 aliphatic rings. The lowest BCUT2D eigenvalue weighted by Gasteiger charge is -2.19. The molecule has 0 aromatic heterocycles. The van der Waals surface area contributed by atoms with Crippen LogP contribution in [0.15, 0.2) is 147 Å². The van der Waals surface area contributed by atoms with Gasteiger partial charge in [0.25, 0.3) is 0 Å². The molecule has 0 aliphatic heterocycles. The van der Waals surface area contributed by atoms with Gasteiger partial charge in [0.2, 0.25) is 0 Å². The van der Waals surface area contributed by atoms with Crippen molar-refractivity contribution < 1.29 is 0 Å². The second kappa shape index (κ2) is 8.52. The zero-order valence-corrected chi connectivity index (χ0v) is 23.1. The van der Waals surface area contributed by atoms with Crippen LogP contribution in [-0.4, -0.2) is 0 Å². The first-order valence-corrected chi connectivity index (χ1v) is 14.5. The minimum absolute atomic E-state index is 0.997. The number of benzene rings is 7. The van der Waals surface area contributed by atoms with Crippen LogP contribution in [0.3, 0.4) is 0 Å². The molecule has 0 amide bonds. The van der Waals surface area contributed by atoms with Crippen molar-refractivity contribution in [3.8, 4) is 11.1 Å². The predicted molar refractivity (Wildman–Crippen MR) is 185 cm³/mol. The van der Waals surface area contributed by atoms with Crippen molar-refractivity contribution >= 4 is 81.0 Å². The van der Waals surface area contributed by atoms with E-state index in [1.807, 2.05) is 12.2 Å². The van der Waals surface area contributed by atoms with Gasteiger partial charge in [0.05, 0.1) is 0 Å². The fraction of sp³-hybridized carbons (Fsp3) is 0. The minimum atomic E-state index is 0.997. The van der Waals surface area contributed by atoms with E-state index in [0.717, 1.165) is 5.57 Å². The molecule has 0 N–H and O–H groups in total. The highest BCUT2D eigenvalue weighted by molar-refractivity contribution is 6.43. The average Bonchev–Trinajstić information content (AvgIpc) is 3.54. The largest absolute Gasteiger partial charge is 0.0991 e. The van der Waals surface area contributed by atoms with Gasteiger partial charge in [-0.15, -0.1) is 0 Å². The van der Waals surface area contributed by atoms with Crippen LogP contribution >= 0.6 is 0 Å². The number of rotatable bonds is 4. The molecule has 0 unspecified atom stereocenters. The lowest BCUT2D eigenvalue weighted by Crippen LogP contribution is -1.92. The topological polar surface area (TPSA) is 0 Å². The van der Waals surface area contributed by atoms with Crippen molar-refractivity contribution in [1.82, 2.24) is 0 Å². The van der Waals surface area contributed by atoms with Gasteiger partial charge in [-0.1, -0.05) is 141 Å². The van der Waals surface area contributed by atoms with E-state index < -0.39 is 0 Å². The molecule has 0 saturated heterocycles. The Balaban J connectivity index is 1.68. The molecule has 9 aromatic carbocycles. The van der Waals surface area contributed by atoms with Gasteiger partial charge < -0.3 is 0 Å². The Morgan fingerprint density at radius 3 is 1.81 bits per heavy atom. The molecule has 0 fully saturated rings. The van der Waals surface area contributed by atoms with E-state index in [1.54, 1.807) is 0 Å². The summed E-state index contributed by atoms with van der Waals surface area (Å²) in [5.74, 6) is 0. The summed E-state index contributed by atoms with van der Waals surface area (Å²) < 4.78 is 0. The zero-order chi connectivity index (χ0) is 27.9. The molecule has 0 bridgehead atoms.